The number of hydrogen-bond acceptors (Lipinski definition) is 1. The number of rotatable bonds is 3. The Kier molecular flexibility index (Phi) is 6.09. The van der Waals surface area contributed by atoms with Crippen molar-refractivity contribution in [2.75, 3.05) is 6.67 Å². The summed E-state index contributed by atoms with van der Waals surface area (Å²) in [5.74, 6) is 0. The summed E-state index contributed by atoms with van der Waals surface area (Å²) in [5, 5.41) is 0.689. The van der Waals surface area contributed by atoms with E-state index >= 15 is 0 Å². The van der Waals surface area contributed by atoms with Crippen molar-refractivity contribution in [1.29, 1.82) is 0 Å². The minimum absolute atomic E-state index is 0. The molecule has 1 nitrogen and oxygen atoms in total. The molecule has 0 saturated heterocycles. The lowest BCUT2D eigenvalue weighted by atomic mass is 10.0. The van der Waals surface area contributed by atoms with Crippen molar-refractivity contribution in [3.63, 3.8) is 0 Å². The number of hydrogen-bond donors (Lipinski definition) is 1. The van der Waals surface area contributed by atoms with E-state index in [1.165, 1.54) is 0 Å². The second kappa shape index (κ2) is 6.23. The fourth-order valence-electron chi connectivity index (χ4n) is 1.33. The molecule has 14 heavy (non-hydrogen) atoms. The summed E-state index contributed by atoms with van der Waals surface area (Å²) in [6, 6.07) is 5.26. The maximum atomic E-state index is 12.0. The minimum atomic E-state index is -0.386. The van der Waals surface area contributed by atoms with Gasteiger partial charge in [-0.2, -0.15) is 0 Å². The fraction of sp³-hybridized carbons (Fsp3) is 0.400. The molecular formula is C10H14Cl2FN. The average Bonchev–Trinajstić information content (AvgIpc) is 2.04. The van der Waals surface area contributed by atoms with Gasteiger partial charge in [-0.3, -0.25) is 4.39 Å². The summed E-state index contributed by atoms with van der Waals surface area (Å²) >= 11 is 5.78. The van der Waals surface area contributed by atoms with E-state index in [2.05, 4.69) is 0 Å². The number of halogens is 3. The van der Waals surface area contributed by atoms with Crippen molar-refractivity contribution in [1.82, 2.24) is 0 Å². The highest BCUT2D eigenvalue weighted by Crippen LogP contribution is 2.21. The van der Waals surface area contributed by atoms with Gasteiger partial charge < -0.3 is 5.73 Å². The van der Waals surface area contributed by atoms with Gasteiger partial charge in [0, 0.05) is 11.1 Å². The largest absolute Gasteiger partial charge is 0.324 e. The van der Waals surface area contributed by atoms with Gasteiger partial charge in [0.2, 0.25) is 0 Å². The highest BCUT2D eigenvalue weighted by atomic mass is 35.5. The third-order valence-electron chi connectivity index (χ3n) is 2.05. The van der Waals surface area contributed by atoms with Crippen molar-refractivity contribution in [3.8, 4) is 0 Å². The molecule has 4 heteroatoms. The van der Waals surface area contributed by atoms with Gasteiger partial charge in [0.15, 0.2) is 0 Å². The number of alkyl halides is 1. The second-order valence-electron chi connectivity index (χ2n) is 3.09. The molecule has 1 rings (SSSR count). The maximum absolute atomic E-state index is 12.0. The van der Waals surface area contributed by atoms with Crippen LogP contribution in [0.5, 0.6) is 0 Å². The van der Waals surface area contributed by atoms with E-state index < -0.39 is 0 Å². The Morgan fingerprint density at radius 2 is 2.14 bits per heavy atom. The zero-order chi connectivity index (χ0) is 9.84. The van der Waals surface area contributed by atoms with Crippen LogP contribution >= 0.6 is 24.0 Å². The van der Waals surface area contributed by atoms with Crippen LogP contribution in [0.1, 0.15) is 23.6 Å². The predicted octanol–water partition coefficient (Wildman–Crippen LogP) is 3.43. The molecule has 0 radical (unpaired) electrons. The monoisotopic (exact) mass is 237 g/mol. The quantitative estimate of drug-likeness (QED) is 0.857. The second-order valence-corrected chi connectivity index (χ2v) is 3.52. The molecule has 1 atom stereocenters. The van der Waals surface area contributed by atoms with E-state index in [4.69, 9.17) is 17.3 Å². The van der Waals surface area contributed by atoms with Crippen molar-refractivity contribution < 1.29 is 4.39 Å². The van der Waals surface area contributed by atoms with Gasteiger partial charge in [-0.1, -0.05) is 17.7 Å². The van der Waals surface area contributed by atoms with E-state index in [-0.39, 0.29) is 25.1 Å². The van der Waals surface area contributed by atoms with Crippen LogP contribution in [0.15, 0.2) is 18.2 Å². The van der Waals surface area contributed by atoms with Gasteiger partial charge in [0.1, 0.15) is 0 Å². The topological polar surface area (TPSA) is 26.0 Å². The molecule has 80 valence electrons. The number of aryl methyl sites for hydroxylation is 1. The molecule has 0 bridgehead atoms. The molecule has 0 aliphatic heterocycles. The highest BCUT2D eigenvalue weighted by Gasteiger charge is 2.08. The average molecular weight is 238 g/mol. The first-order chi connectivity index (χ1) is 6.15. The van der Waals surface area contributed by atoms with Crippen LogP contribution in [0, 0.1) is 6.92 Å². The molecule has 1 aromatic carbocycles. The van der Waals surface area contributed by atoms with Crippen LogP contribution in [-0.4, -0.2) is 6.67 Å². The molecule has 0 heterocycles. The highest BCUT2D eigenvalue weighted by molar-refractivity contribution is 6.30. The van der Waals surface area contributed by atoms with Gasteiger partial charge in [0.25, 0.3) is 0 Å². The van der Waals surface area contributed by atoms with Gasteiger partial charge in [-0.25, -0.2) is 0 Å². The third-order valence-corrected chi connectivity index (χ3v) is 2.29. The molecule has 0 aromatic heterocycles. The standard InChI is InChI=1S/C10H13ClFN.ClH/c1-7-6-8(11)2-3-9(7)10(13)4-5-12;/h2-3,6,10H,4-5,13H2,1H3;1H/t10-;/m1./s1. The molecule has 0 fully saturated rings. The summed E-state index contributed by atoms with van der Waals surface area (Å²) in [6.45, 7) is 1.54. The Labute approximate surface area is 94.9 Å². The third kappa shape index (κ3) is 3.45. The van der Waals surface area contributed by atoms with Crippen molar-refractivity contribution in [2.24, 2.45) is 5.73 Å². The Bertz CT molecular complexity index is 291. The zero-order valence-corrected chi connectivity index (χ0v) is 9.54. The Balaban J connectivity index is 0.00000169. The molecule has 0 spiro atoms. The minimum Gasteiger partial charge on any atom is -0.324 e. The lowest BCUT2D eigenvalue weighted by Crippen LogP contribution is -2.12. The number of benzene rings is 1. The summed E-state index contributed by atoms with van der Waals surface area (Å²) in [4.78, 5) is 0. The van der Waals surface area contributed by atoms with Gasteiger partial charge in [-0.15, -0.1) is 12.4 Å². The van der Waals surface area contributed by atoms with Crippen molar-refractivity contribution in [3.05, 3.63) is 34.3 Å². The fourth-order valence-corrected chi connectivity index (χ4v) is 1.55. The van der Waals surface area contributed by atoms with E-state index in [0.717, 1.165) is 11.1 Å². The Hall–Kier alpha value is -0.310. The van der Waals surface area contributed by atoms with Crippen LogP contribution in [0.25, 0.3) is 0 Å². The lowest BCUT2D eigenvalue weighted by Gasteiger charge is -2.12. The first-order valence-electron chi connectivity index (χ1n) is 4.22. The van der Waals surface area contributed by atoms with Crippen LogP contribution in [-0.2, 0) is 0 Å². The van der Waals surface area contributed by atoms with Crippen LogP contribution < -0.4 is 5.73 Å². The van der Waals surface area contributed by atoms with E-state index in [0.29, 0.717) is 11.4 Å². The molecule has 0 saturated carbocycles. The molecule has 0 unspecified atom stereocenters. The van der Waals surface area contributed by atoms with Crippen molar-refractivity contribution >= 4 is 24.0 Å². The Morgan fingerprint density at radius 1 is 1.50 bits per heavy atom. The smallest absolute Gasteiger partial charge is 0.0912 e. The molecule has 0 aliphatic rings. The zero-order valence-electron chi connectivity index (χ0n) is 7.97. The summed E-state index contributed by atoms with van der Waals surface area (Å²) in [5.41, 5.74) is 7.77. The predicted molar refractivity (Wildman–Crippen MR) is 61.0 cm³/mol. The molecule has 1 aromatic rings. The van der Waals surface area contributed by atoms with Crippen LogP contribution in [0.2, 0.25) is 5.02 Å². The summed E-state index contributed by atoms with van der Waals surface area (Å²) in [7, 11) is 0. The maximum Gasteiger partial charge on any atom is 0.0912 e. The SMILES string of the molecule is Cc1cc(Cl)ccc1[C@H](N)CCF.Cl. The van der Waals surface area contributed by atoms with Gasteiger partial charge in [0.05, 0.1) is 6.67 Å². The molecule has 0 aliphatic carbocycles. The molecule has 0 amide bonds. The number of nitrogens with two attached hydrogens (primary N) is 1. The molecular weight excluding hydrogens is 224 g/mol. The van der Waals surface area contributed by atoms with Crippen molar-refractivity contribution in [2.45, 2.75) is 19.4 Å². The van der Waals surface area contributed by atoms with E-state index in [1.807, 2.05) is 19.1 Å². The van der Waals surface area contributed by atoms with Gasteiger partial charge in [-0.05, 0) is 36.6 Å². The Morgan fingerprint density at radius 3 is 2.64 bits per heavy atom. The summed E-state index contributed by atoms with van der Waals surface area (Å²) in [6.07, 6.45) is 0.364. The van der Waals surface area contributed by atoms with E-state index in [1.54, 1.807) is 6.07 Å². The first-order valence-corrected chi connectivity index (χ1v) is 4.60. The lowest BCUT2D eigenvalue weighted by molar-refractivity contribution is 0.441. The van der Waals surface area contributed by atoms with Crippen LogP contribution in [0.4, 0.5) is 4.39 Å². The summed E-state index contributed by atoms with van der Waals surface area (Å²) < 4.78 is 12.0. The first kappa shape index (κ1) is 13.7. The normalized spacial score (nSPS) is 12.0. The van der Waals surface area contributed by atoms with Crippen LogP contribution in [0.3, 0.4) is 0 Å². The molecule has 2 N–H and O–H groups in total. The van der Waals surface area contributed by atoms with E-state index in [9.17, 15) is 4.39 Å². The van der Waals surface area contributed by atoms with Gasteiger partial charge >= 0.3 is 0 Å².